The van der Waals surface area contributed by atoms with Gasteiger partial charge in [0.05, 0.1) is 6.54 Å². The fourth-order valence-electron chi connectivity index (χ4n) is 4.53. The third kappa shape index (κ3) is 3.81. The molecule has 2 N–H and O–H groups in total. The molecule has 2 fully saturated rings. The van der Waals surface area contributed by atoms with E-state index in [0.717, 1.165) is 34.9 Å². The third-order valence-electron chi connectivity index (χ3n) is 6.36. The normalized spacial score (nSPS) is 25.4. The van der Waals surface area contributed by atoms with Crippen molar-refractivity contribution in [1.82, 2.24) is 10.2 Å². The first-order valence-electron chi connectivity index (χ1n) is 10.4. The van der Waals surface area contributed by atoms with Crippen LogP contribution in [0.15, 0.2) is 42.5 Å². The number of hydrogen-bond acceptors (Lipinski definition) is 4. The van der Waals surface area contributed by atoms with Crippen molar-refractivity contribution < 1.29 is 19.4 Å². The third-order valence-corrected chi connectivity index (χ3v) is 6.36. The van der Waals surface area contributed by atoms with Crippen LogP contribution in [0.25, 0.3) is 10.8 Å². The van der Waals surface area contributed by atoms with Crippen molar-refractivity contribution in [2.24, 2.45) is 5.92 Å². The largest absolute Gasteiger partial charge is 0.490 e. The zero-order chi connectivity index (χ0) is 20.4. The van der Waals surface area contributed by atoms with Gasteiger partial charge in [0.25, 0.3) is 5.91 Å². The van der Waals surface area contributed by atoms with E-state index >= 15 is 0 Å². The Morgan fingerprint density at radius 3 is 2.66 bits per heavy atom. The number of rotatable bonds is 6. The number of aliphatic hydroxyl groups excluding tert-OH is 1. The molecule has 2 aromatic carbocycles. The van der Waals surface area contributed by atoms with Crippen LogP contribution >= 0.6 is 0 Å². The molecule has 3 amide bonds. The van der Waals surface area contributed by atoms with Crippen LogP contribution in [0.3, 0.4) is 0 Å². The highest BCUT2D eigenvalue weighted by atomic mass is 16.5. The van der Waals surface area contributed by atoms with Gasteiger partial charge in [0.1, 0.15) is 24.0 Å². The average molecular weight is 396 g/mol. The molecule has 6 nitrogen and oxygen atoms in total. The van der Waals surface area contributed by atoms with Crippen molar-refractivity contribution in [3.8, 4) is 5.75 Å². The van der Waals surface area contributed by atoms with Gasteiger partial charge in [0.15, 0.2) is 0 Å². The number of ether oxygens (including phenoxy) is 1. The van der Waals surface area contributed by atoms with Crippen LogP contribution in [0.2, 0.25) is 0 Å². The van der Waals surface area contributed by atoms with E-state index in [1.165, 1.54) is 0 Å². The number of urea groups is 1. The van der Waals surface area contributed by atoms with Crippen molar-refractivity contribution in [2.45, 2.75) is 50.7 Å². The number of amides is 3. The van der Waals surface area contributed by atoms with Gasteiger partial charge in [-0.15, -0.1) is 0 Å². The van der Waals surface area contributed by atoms with Gasteiger partial charge in [0.2, 0.25) is 0 Å². The number of aliphatic hydroxyl groups is 1. The SMILES string of the molecule is CCC1CCC2(CC1)NC(=O)N(C[C@@H](O)COc1cccc3ccccc13)C2=O. The minimum absolute atomic E-state index is 0.00990. The van der Waals surface area contributed by atoms with E-state index in [4.69, 9.17) is 4.74 Å². The number of nitrogens with one attached hydrogen (secondary N) is 1. The molecule has 29 heavy (non-hydrogen) atoms. The van der Waals surface area contributed by atoms with Gasteiger partial charge in [-0.2, -0.15) is 0 Å². The van der Waals surface area contributed by atoms with Crippen LogP contribution in [0.5, 0.6) is 5.75 Å². The lowest BCUT2D eigenvalue weighted by Crippen LogP contribution is -2.50. The number of imide groups is 1. The highest BCUT2D eigenvalue weighted by Crippen LogP contribution is 2.37. The zero-order valence-electron chi connectivity index (χ0n) is 16.8. The van der Waals surface area contributed by atoms with E-state index in [1.807, 2.05) is 42.5 Å². The first-order valence-corrected chi connectivity index (χ1v) is 10.4. The molecular formula is C23H28N2O4. The Morgan fingerprint density at radius 2 is 1.90 bits per heavy atom. The van der Waals surface area contributed by atoms with Gasteiger partial charge in [-0.3, -0.25) is 9.69 Å². The van der Waals surface area contributed by atoms with Crippen LogP contribution in [0.1, 0.15) is 39.0 Å². The molecule has 4 rings (SSSR count). The van der Waals surface area contributed by atoms with E-state index in [0.29, 0.717) is 24.5 Å². The summed E-state index contributed by atoms with van der Waals surface area (Å²) in [7, 11) is 0. The van der Waals surface area contributed by atoms with E-state index < -0.39 is 17.7 Å². The topological polar surface area (TPSA) is 78.9 Å². The molecule has 0 radical (unpaired) electrons. The molecule has 1 atom stereocenters. The number of β-amino-alcohol motifs (C(OH)–C–C–N with tert-alkyl or cyclic N) is 1. The summed E-state index contributed by atoms with van der Waals surface area (Å²) in [5.74, 6) is 1.09. The number of fused-ring (bicyclic) bond motifs is 1. The Hall–Kier alpha value is -2.60. The van der Waals surface area contributed by atoms with E-state index in [-0.39, 0.29) is 19.1 Å². The van der Waals surface area contributed by atoms with Crippen LogP contribution < -0.4 is 10.1 Å². The smallest absolute Gasteiger partial charge is 0.325 e. The number of hydrogen-bond donors (Lipinski definition) is 2. The lowest BCUT2D eigenvalue weighted by Gasteiger charge is -2.34. The molecule has 1 aliphatic heterocycles. The molecule has 1 spiro atoms. The van der Waals surface area contributed by atoms with Crippen LogP contribution in [0.4, 0.5) is 4.79 Å². The van der Waals surface area contributed by atoms with Crippen LogP contribution in [-0.2, 0) is 4.79 Å². The summed E-state index contributed by atoms with van der Waals surface area (Å²) in [6.07, 6.45) is 3.40. The summed E-state index contributed by atoms with van der Waals surface area (Å²) in [6, 6.07) is 13.2. The highest BCUT2D eigenvalue weighted by molar-refractivity contribution is 6.07. The lowest BCUT2D eigenvalue weighted by atomic mass is 9.75. The molecule has 2 aliphatic rings. The number of carbonyl (C=O) groups excluding carboxylic acids is 2. The molecule has 1 saturated heterocycles. The maximum atomic E-state index is 13.0. The molecule has 1 saturated carbocycles. The Kier molecular flexibility index (Phi) is 5.46. The minimum atomic E-state index is -0.953. The molecule has 0 bridgehead atoms. The number of carbonyl (C=O) groups is 2. The molecule has 1 aliphatic carbocycles. The zero-order valence-corrected chi connectivity index (χ0v) is 16.8. The molecule has 154 valence electrons. The number of nitrogens with zero attached hydrogens (tertiary/aromatic N) is 1. The Balaban J connectivity index is 1.37. The summed E-state index contributed by atoms with van der Waals surface area (Å²) in [5, 5.41) is 15.4. The van der Waals surface area contributed by atoms with Gasteiger partial charge in [-0.05, 0) is 43.1 Å². The van der Waals surface area contributed by atoms with Crippen molar-refractivity contribution in [2.75, 3.05) is 13.2 Å². The molecule has 2 aromatic rings. The highest BCUT2D eigenvalue weighted by Gasteiger charge is 2.52. The monoisotopic (exact) mass is 396 g/mol. The van der Waals surface area contributed by atoms with Gasteiger partial charge < -0.3 is 15.2 Å². The van der Waals surface area contributed by atoms with Gasteiger partial charge in [0, 0.05) is 5.39 Å². The quantitative estimate of drug-likeness (QED) is 0.733. The van der Waals surface area contributed by atoms with E-state index in [2.05, 4.69) is 12.2 Å². The van der Waals surface area contributed by atoms with Crippen molar-refractivity contribution in [3.05, 3.63) is 42.5 Å². The van der Waals surface area contributed by atoms with Crippen LogP contribution in [0, 0.1) is 5.92 Å². The van der Waals surface area contributed by atoms with E-state index in [9.17, 15) is 14.7 Å². The van der Waals surface area contributed by atoms with Crippen LogP contribution in [-0.4, -0.2) is 46.7 Å². The first kappa shape index (κ1) is 19.7. The fourth-order valence-corrected chi connectivity index (χ4v) is 4.53. The maximum Gasteiger partial charge on any atom is 0.325 e. The summed E-state index contributed by atoms with van der Waals surface area (Å²) in [6.45, 7) is 2.11. The molecule has 6 heteroatoms. The maximum absolute atomic E-state index is 13.0. The Labute approximate surface area is 170 Å². The van der Waals surface area contributed by atoms with Gasteiger partial charge in [-0.25, -0.2) is 4.79 Å². The van der Waals surface area contributed by atoms with E-state index in [1.54, 1.807) is 0 Å². The standard InChI is InChI=1S/C23H28N2O4/c1-2-16-10-12-23(13-11-16)21(27)25(22(28)24-23)14-18(26)15-29-20-9-5-7-17-6-3-4-8-19(17)20/h3-9,16,18,26H,2,10-15H2,1H3,(H,24,28)/t16?,18-,23?/m1/s1. The summed E-state index contributed by atoms with van der Waals surface area (Å²) < 4.78 is 5.81. The molecule has 1 heterocycles. The summed E-state index contributed by atoms with van der Waals surface area (Å²) in [4.78, 5) is 26.6. The van der Waals surface area contributed by atoms with Crippen molar-refractivity contribution >= 4 is 22.7 Å². The van der Waals surface area contributed by atoms with Gasteiger partial charge in [-0.1, -0.05) is 49.7 Å². The number of benzene rings is 2. The summed E-state index contributed by atoms with van der Waals surface area (Å²) >= 11 is 0. The second kappa shape index (κ2) is 8.03. The average Bonchev–Trinajstić information content (AvgIpc) is 2.97. The Bertz CT molecular complexity index is 899. The molecule has 0 aromatic heterocycles. The molecule has 0 unspecified atom stereocenters. The van der Waals surface area contributed by atoms with Crippen molar-refractivity contribution in [3.63, 3.8) is 0 Å². The molecular weight excluding hydrogens is 368 g/mol. The Morgan fingerprint density at radius 1 is 1.17 bits per heavy atom. The van der Waals surface area contributed by atoms with Gasteiger partial charge >= 0.3 is 6.03 Å². The fraction of sp³-hybridized carbons (Fsp3) is 0.478. The summed E-state index contributed by atoms with van der Waals surface area (Å²) in [5.41, 5.74) is -0.779. The minimum Gasteiger partial charge on any atom is -0.490 e. The second-order valence-corrected chi connectivity index (χ2v) is 8.22. The first-order chi connectivity index (χ1) is 14.0. The predicted molar refractivity (Wildman–Crippen MR) is 111 cm³/mol. The second-order valence-electron chi connectivity index (χ2n) is 8.22. The van der Waals surface area contributed by atoms with Crippen molar-refractivity contribution in [1.29, 1.82) is 0 Å². The lowest BCUT2D eigenvalue weighted by molar-refractivity contribution is -0.133. The predicted octanol–water partition coefficient (Wildman–Crippen LogP) is 3.47.